The Hall–Kier alpha value is -0.290. The minimum Gasteiger partial charge on any atom is -0.483 e. The zero-order valence-electron chi connectivity index (χ0n) is 76.8. The lowest BCUT2D eigenvalue weighted by atomic mass is 10.2. The van der Waals surface area contributed by atoms with Gasteiger partial charge in [0.1, 0.15) is 6.79 Å². The van der Waals surface area contributed by atoms with E-state index in [-0.39, 0.29) is 0 Å². The summed E-state index contributed by atoms with van der Waals surface area (Å²) in [6.07, 6.45) is 15.3. The van der Waals surface area contributed by atoms with Crippen LogP contribution in [0.1, 0.15) is 328 Å². The van der Waals surface area contributed by atoms with E-state index in [9.17, 15) is 0 Å². The maximum atomic E-state index is 4.94. The van der Waals surface area contributed by atoms with E-state index in [4.69, 9.17) is 28.4 Å². The number of ether oxygens (including phenoxy) is 6. The SMILES string of the molecule is C1=NCCCN1.C1=NCCCO1.C1=NCCCS1.C1=NCCOC1.C1CCNCC1.C1CNCCN1.C1COCCO1.C1COCOC1.C1CSCCS1.C1CSCSC1.CC.CC.CC.CC.CC.CC.CC.CC.CC.CC.CC.CC.CC.CC.CC.CC.CC.CC.CC.CC. The Bertz CT molecular complexity index is 682. The second kappa shape index (κ2) is 264. The first-order valence-corrected chi connectivity index (χ1v) is 47.9. The number of nitrogens with zero attached hydrogens (tertiary/aromatic N) is 4. The highest BCUT2D eigenvalue weighted by Crippen LogP contribution is 2.20. The van der Waals surface area contributed by atoms with Crippen LogP contribution in [0.5, 0.6) is 0 Å². The largest absolute Gasteiger partial charge is 0.483 e. The van der Waals surface area contributed by atoms with Crippen molar-refractivity contribution < 1.29 is 28.4 Å². The highest BCUT2D eigenvalue weighted by molar-refractivity contribution is 8.16. The van der Waals surface area contributed by atoms with Gasteiger partial charge in [-0.15, -0.1) is 11.8 Å². The van der Waals surface area contributed by atoms with Gasteiger partial charge in [-0.3, -0.25) is 20.0 Å². The molecule has 0 spiro atoms. The second-order valence-electron chi connectivity index (χ2n) is 13.3. The third kappa shape index (κ3) is 256. The van der Waals surface area contributed by atoms with Crippen LogP contribution in [0, 0.1) is 0 Å². The van der Waals surface area contributed by atoms with E-state index in [2.05, 4.69) is 88.3 Å². The van der Waals surface area contributed by atoms with E-state index in [1.807, 2.05) is 282 Å². The molecule has 632 valence electrons. The summed E-state index contributed by atoms with van der Waals surface area (Å²) < 4.78 is 29.3. The summed E-state index contributed by atoms with van der Waals surface area (Å²) in [4.78, 5) is 15.7. The molecule has 4 N–H and O–H groups in total. The minimum atomic E-state index is 0.500. The molecule has 14 nitrogen and oxygen atoms in total. The Labute approximate surface area is 660 Å². The molecule has 100 heavy (non-hydrogen) atoms. The van der Waals surface area contributed by atoms with E-state index in [1.165, 1.54) is 103 Å². The fourth-order valence-corrected chi connectivity index (χ4v) is 10.0. The molecule has 0 radical (unpaired) electrons. The van der Waals surface area contributed by atoms with Gasteiger partial charge in [-0.1, -0.05) is 283 Å². The summed E-state index contributed by atoms with van der Waals surface area (Å²) in [6, 6.07) is 0. The van der Waals surface area contributed by atoms with Gasteiger partial charge in [0, 0.05) is 98.8 Å². The molecule has 0 aliphatic carbocycles. The standard InChI is InChI=1S/C5H11N.C4H10N2.C4H8N2.2C4H7NO.C4H7NS.2C4H8O2.2C4H8S2.20C2H6/c1-2-4-6-5-3-1;1-2-6-4-3-5-1;1-2-5-4-6-3-1;1-3-6-4-2-5-1;2*1-2-5-4-6-3-1;1-2-6-4-3-5-1;1-2-5-4-6-3-1;1-2-6-4-3-5-1;1-2-5-4-6-3-1;20*1-2/h6H,1-5H2;5-6H,1-4H2;4H,1-3H2,(H,5,6);1H,2-4H2;2*4H,1-3H2;4*1-4H2;20*1-2H3. The maximum Gasteiger partial charge on any atom is 0.169 e. The predicted molar refractivity (Wildman–Crippen MR) is 496 cm³/mol. The maximum absolute atomic E-state index is 4.94. The average Bonchev–Trinajstić information content (AvgIpc) is 3.82. The molecule has 10 aliphatic rings. The van der Waals surface area contributed by atoms with Crippen molar-refractivity contribution in [3.63, 3.8) is 0 Å². The Morgan fingerprint density at radius 1 is 0.270 bits per heavy atom. The third-order valence-corrected chi connectivity index (χ3v) is 13.8. The predicted octanol–water partition coefficient (Wildman–Crippen LogP) is 25.8. The zero-order valence-corrected chi connectivity index (χ0v) is 80.8. The average molecular weight is 1540 g/mol. The number of piperazine rings is 1. The monoisotopic (exact) mass is 1540 g/mol. The number of nitrogens with one attached hydrogen (secondary N) is 4. The summed E-state index contributed by atoms with van der Waals surface area (Å²) in [5.74, 6) is 9.58. The van der Waals surface area contributed by atoms with Crippen LogP contribution in [-0.4, -0.2) is 208 Å². The van der Waals surface area contributed by atoms with Crippen LogP contribution in [0.4, 0.5) is 0 Å². The molecule has 0 amide bonds. The first kappa shape index (κ1) is 153. The lowest BCUT2D eigenvalue weighted by Crippen LogP contribution is -2.39. The minimum absolute atomic E-state index is 0.500. The second-order valence-corrected chi connectivity index (χ2v) is 19.3. The summed E-state index contributed by atoms with van der Waals surface area (Å²) in [7, 11) is 0. The number of thioether (sulfide) groups is 5. The fraction of sp³-hybridized carbons (Fsp3) is 0.951. The van der Waals surface area contributed by atoms with Crippen LogP contribution >= 0.6 is 58.8 Å². The molecule has 0 aromatic rings. The summed E-state index contributed by atoms with van der Waals surface area (Å²) in [5.41, 5.74) is 1.93. The Balaban J connectivity index is -0.0000000374. The van der Waals surface area contributed by atoms with Crippen molar-refractivity contribution in [1.82, 2.24) is 21.3 Å². The van der Waals surface area contributed by atoms with Crippen molar-refractivity contribution in [2.75, 3.05) is 184 Å². The Kier molecular flexibility index (Phi) is 404. The van der Waals surface area contributed by atoms with Crippen LogP contribution in [0.25, 0.3) is 0 Å². The van der Waals surface area contributed by atoms with Crippen molar-refractivity contribution in [1.29, 1.82) is 0 Å². The number of piperidine rings is 1. The molecule has 0 atom stereocenters. The topological polar surface area (TPSA) is 153 Å². The van der Waals surface area contributed by atoms with Crippen molar-refractivity contribution in [2.24, 2.45) is 20.0 Å². The molecule has 0 bridgehead atoms. The summed E-state index contributed by atoms with van der Waals surface area (Å²) in [5, 5.41) is 14.1. The molecule has 10 heterocycles. The lowest BCUT2D eigenvalue weighted by molar-refractivity contribution is -0.0963. The smallest absolute Gasteiger partial charge is 0.169 e. The van der Waals surface area contributed by atoms with Crippen molar-refractivity contribution in [2.45, 2.75) is 328 Å². The van der Waals surface area contributed by atoms with Gasteiger partial charge in [0.05, 0.1) is 77.9 Å². The summed E-state index contributed by atoms with van der Waals surface area (Å²) >= 11 is 10.1. The fourth-order valence-electron chi connectivity index (χ4n) is 4.82. The molecule has 6 saturated heterocycles. The molecule has 6 fully saturated rings. The number of aliphatic imine (C=N–C) groups is 4. The normalized spacial score (nSPS) is 14.8. The van der Waals surface area contributed by atoms with Crippen LogP contribution in [0.15, 0.2) is 20.0 Å². The van der Waals surface area contributed by atoms with E-state index in [1.54, 1.807) is 24.3 Å². The molecule has 0 aromatic carbocycles. The van der Waals surface area contributed by atoms with Gasteiger partial charge in [0.2, 0.25) is 0 Å². The highest BCUT2D eigenvalue weighted by atomic mass is 32.2. The quantitative estimate of drug-likeness (QED) is 0.182. The third-order valence-electron chi connectivity index (χ3n) is 8.01. The molecule has 10 rings (SSSR count). The number of hydrogen-bond acceptors (Lipinski definition) is 19. The Morgan fingerprint density at radius 3 is 0.760 bits per heavy atom. The van der Waals surface area contributed by atoms with E-state index in [0.29, 0.717) is 13.4 Å². The zero-order chi connectivity index (χ0) is 82.4. The first-order chi connectivity index (χ1) is 50.0. The van der Waals surface area contributed by atoms with Gasteiger partial charge in [-0.25, -0.2) is 0 Å². The van der Waals surface area contributed by atoms with Gasteiger partial charge in [0.15, 0.2) is 6.40 Å². The molecule has 10 aliphatic heterocycles. The van der Waals surface area contributed by atoms with Gasteiger partial charge >= 0.3 is 0 Å². The molecule has 0 aromatic heterocycles. The molecule has 0 saturated carbocycles. The van der Waals surface area contributed by atoms with Gasteiger partial charge < -0.3 is 49.7 Å². The van der Waals surface area contributed by atoms with Crippen molar-refractivity contribution in [3.8, 4) is 0 Å². The molecular weight excluding hydrogens is 1340 g/mol. The molecule has 0 unspecified atom stereocenters. The van der Waals surface area contributed by atoms with E-state index < -0.39 is 0 Å². The van der Waals surface area contributed by atoms with E-state index >= 15 is 0 Å². The van der Waals surface area contributed by atoms with Crippen LogP contribution in [0.2, 0.25) is 0 Å². The highest BCUT2D eigenvalue weighted by Gasteiger charge is 1.98. The number of hydrogen-bond donors (Lipinski definition) is 4. The van der Waals surface area contributed by atoms with Crippen molar-refractivity contribution >= 4 is 83.3 Å². The van der Waals surface area contributed by atoms with Crippen LogP contribution in [0.3, 0.4) is 0 Å². The lowest BCUT2D eigenvalue weighted by Gasteiger charge is -2.11. The molecular formula is C81H202N8O6S5. The molecule has 19 heteroatoms. The number of rotatable bonds is 0. The van der Waals surface area contributed by atoms with Crippen LogP contribution in [-0.2, 0) is 28.4 Å². The van der Waals surface area contributed by atoms with Crippen LogP contribution < -0.4 is 21.3 Å². The summed E-state index contributed by atoms with van der Waals surface area (Å²) in [6.45, 7) is 99.7. The van der Waals surface area contributed by atoms with E-state index in [0.717, 1.165) is 125 Å². The van der Waals surface area contributed by atoms with Gasteiger partial charge in [-0.05, 0) is 63.1 Å². The van der Waals surface area contributed by atoms with Gasteiger partial charge in [0.25, 0.3) is 0 Å². The van der Waals surface area contributed by atoms with Crippen molar-refractivity contribution in [3.05, 3.63) is 0 Å². The van der Waals surface area contributed by atoms with Gasteiger partial charge in [-0.2, -0.15) is 47.0 Å². The Morgan fingerprint density at radius 2 is 0.660 bits per heavy atom. The first-order valence-electron chi connectivity index (χ1n) is 42.2.